The molecule has 1 atom stereocenters. The van der Waals surface area contributed by atoms with Gasteiger partial charge in [0.2, 0.25) is 0 Å². The first-order valence-corrected chi connectivity index (χ1v) is 5.81. The third-order valence-electron chi connectivity index (χ3n) is 2.21. The predicted molar refractivity (Wildman–Crippen MR) is 61.4 cm³/mol. The zero-order valence-electron chi connectivity index (χ0n) is 9.96. The van der Waals surface area contributed by atoms with E-state index >= 15 is 0 Å². The van der Waals surface area contributed by atoms with Crippen molar-refractivity contribution in [3.63, 3.8) is 0 Å². The second kappa shape index (κ2) is 15.1. The molecule has 1 N–H and O–H groups in total. The lowest BCUT2D eigenvalue weighted by Gasteiger charge is -2.08. The molecule has 0 aliphatic heterocycles. The number of hydrogen-bond donors (Lipinski definition) is 1. The second-order valence-corrected chi connectivity index (χ2v) is 3.55. The predicted octanol–water partition coefficient (Wildman–Crippen LogP) is 3.18. The Hall–Kier alpha value is -0.370. The van der Waals surface area contributed by atoms with Gasteiger partial charge in [0.15, 0.2) is 0 Å². The van der Waals surface area contributed by atoms with E-state index in [4.69, 9.17) is 5.11 Å². The Labute approximate surface area is 88.7 Å². The van der Waals surface area contributed by atoms with Crippen LogP contribution in [-0.4, -0.2) is 18.0 Å². The van der Waals surface area contributed by atoms with Gasteiger partial charge in [-0.15, -0.1) is 0 Å². The Kier molecular flexibility index (Phi) is 17.4. The van der Waals surface area contributed by atoms with E-state index in [1.54, 1.807) is 0 Å². The summed E-state index contributed by atoms with van der Waals surface area (Å²) in [5.41, 5.74) is 0. The largest absolute Gasteiger partial charge is 0.396 e. The molecule has 0 saturated heterocycles. The number of unbranched alkanes of at least 4 members (excludes halogenated alkanes) is 2. The van der Waals surface area contributed by atoms with Crippen molar-refractivity contribution in [2.45, 2.75) is 59.3 Å². The lowest BCUT2D eigenvalue weighted by atomic mass is 10.0. The summed E-state index contributed by atoms with van der Waals surface area (Å²) in [5, 5.41) is 8.75. The van der Waals surface area contributed by atoms with Crippen molar-refractivity contribution in [2.75, 3.05) is 6.61 Å². The SMILES string of the molecule is CCCC=O.CCCCC(CC)CO. The molecule has 0 rings (SSSR count). The zero-order valence-corrected chi connectivity index (χ0v) is 9.96. The molecule has 0 aliphatic rings. The fourth-order valence-corrected chi connectivity index (χ4v) is 1.04. The Morgan fingerprint density at radius 2 is 1.86 bits per heavy atom. The molecule has 0 radical (unpaired) electrons. The van der Waals surface area contributed by atoms with Crippen LogP contribution in [0.4, 0.5) is 0 Å². The van der Waals surface area contributed by atoms with Gasteiger partial charge in [-0.3, -0.25) is 0 Å². The minimum Gasteiger partial charge on any atom is -0.396 e. The first-order chi connectivity index (χ1) is 6.76. The van der Waals surface area contributed by atoms with Crippen molar-refractivity contribution < 1.29 is 9.90 Å². The number of rotatable bonds is 7. The number of carbonyl (C=O) groups excluding carboxylic acids is 1. The summed E-state index contributed by atoms with van der Waals surface area (Å²) in [6, 6.07) is 0. The molecular formula is C12H26O2. The van der Waals surface area contributed by atoms with Crippen LogP contribution in [0.25, 0.3) is 0 Å². The third kappa shape index (κ3) is 14.2. The van der Waals surface area contributed by atoms with Gasteiger partial charge < -0.3 is 9.90 Å². The summed E-state index contributed by atoms with van der Waals surface area (Å²) in [5.74, 6) is 0.560. The number of aliphatic hydroxyl groups excluding tert-OH is 1. The van der Waals surface area contributed by atoms with Gasteiger partial charge in [0.25, 0.3) is 0 Å². The van der Waals surface area contributed by atoms with E-state index < -0.39 is 0 Å². The van der Waals surface area contributed by atoms with Crippen molar-refractivity contribution in [1.29, 1.82) is 0 Å². The average molecular weight is 202 g/mol. The van der Waals surface area contributed by atoms with Crippen LogP contribution in [0.2, 0.25) is 0 Å². The van der Waals surface area contributed by atoms with Crippen molar-refractivity contribution >= 4 is 6.29 Å². The Balaban J connectivity index is 0. The van der Waals surface area contributed by atoms with Crippen molar-refractivity contribution in [3.8, 4) is 0 Å². The molecule has 2 nitrogen and oxygen atoms in total. The molecule has 14 heavy (non-hydrogen) atoms. The van der Waals surface area contributed by atoms with Gasteiger partial charge in [0, 0.05) is 13.0 Å². The van der Waals surface area contributed by atoms with E-state index in [2.05, 4.69) is 13.8 Å². The van der Waals surface area contributed by atoms with E-state index in [1.165, 1.54) is 19.3 Å². The molecule has 0 aromatic carbocycles. The number of aldehydes is 1. The van der Waals surface area contributed by atoms with E-state index in [0.717, 1.165) is 19.1 Å². The molecule has 2 heteroatoms. The maximum absolute atomic E-state index is 9.40. The molecule has 0 amide bonds. The lowest BCUT2D eigenvalue weighted by molar-refractivity contribution is -0.107. The third-order valence-corrected chi connectivity index (χ3v) is 2.21. The van der Waals surface area contributed by atoms with Crippen molar-refractivity contribution in [2.24, 2.45) is 5.92 Å². The summed E-state index contributed by atoms with van der Waals surface area (Å²) in [4.78, 5) is 9.40. The van der Waals surface area contributed by atoms with Crippen molar-refractivity contribution in [3.05, 3.63) is 0 Å². The monoisotopic (exact) mass is 202 g/mol. The van der Waals surface area contributed by atoms with Crippen molar-refractivity contribution in [1.82, 2.24) is 0 Å². The molecule has 0 heterocycles. The van der Waals surface area contributed by atoms with Crippen LogP contribution >= 0.6 is 0 Å². The Morgan fingerprint density at radius 1 is 1.21 bits per heavy atom. The first-order valence-electron chi connectivity index (χ1n) is 5.81. The number of carbonyl (C=O) groups is 1. The summed E-state index contributed by atoms with van der Waals surface area (Å²) >= 11 is 0. The van der Waals surface area contributed by atoms with Gasteiger partial charge in [0.05, 0.1) is 0 Å². The van der Waals surface area contributed by atoms with E-state index in [9.17, 15) is 4.79 Å². The number of hydrogen-bond acceptors (Lipinski definition) is 2. The normalized spacial score (nSPS) is 11.4. The lowest BCUT2D eigenvalue weighted by Crippen LogP contribution is -2.03. The maximum atomic E-state index is 9.40. The van der Waals surface area contributed by atoms with Gasteiger partial charge in [-0.1, -0.05) is 40.0 Å². The summed E-state index contributed by atoms with van der Waals surface area (Å²) in [6.45, 7) is 6.67. The average Bonchev–Trinajstić information content (AvgIpc) is 2.22. The van der Waals surface area contributed by atoms with Gasteiger partial charge in [-0.25, -0.2) is 0 Å². The molecule has 0 spiro atoms. The highest BCUT2D eigenvalue weighted by Gasteiger charge is 2.01. The standard InChI is InChI=1S/C8H18O.C4H8O/c1-3-5-6-8(4-2)7-9;1-2-3-4-5/h8-9H,3-7H2,1-2H3;4H,2-3H2,1H3. The van der Waals surface area contributed by atoms with Gasteiger partial charge in [-0.2, -0.15) is 0 Å². The Morgan fingerprint density at radius 3 is 2.07 bits per heavy atom. The molecular weight excluding hydrogens is 176 g/mol. The van der Waals surface area contributed by atoms with Crippen LogP contribution in [0.3, 0.4) is 0 Å². The second-order valence-electron chi connectivity index (χ2n) is 3.55. The first kappa shape index (κ1) is 16.1. The van der Waals surface area contributed by atoms with E-state index in [1.807, 2.05) is 6.92 Å². The van der Waals surface area contributed by atoms with Crippen LogP contribution in [-0.2, 0) is 4.79 Å². The quantitative estimate of drug-likeness (QED) is 0.644. The van der Waals surface area contributed by atoms with Gasteiger partial charge in [-0.05, 0) is 18.8 Å². The molecule has 0 aromatic heterocycles. The summed E-state index contributed by atoms with van der Waals surface area (Å²) in [6.07, 6.45) is 7.44. The Bertz CT molecular complexity index is 98.5. The molecule has 1 unspecified atom stereocenters. The highest BCUT2D eigenvalue weighted by atomic mass is 16.3. The maximum Gasteiger partial charge on any atom is 0.119 e. The summed E-state index contributed by atoms with van der Waals surface area (Å²) < 4.78 is 0. The molecule has 0 bridgehead atoms. The van der Waals surface area contributed by atoms with Crippen LogP contribution in [0.1, 0.15) is 59.3 Å². The highest BCUT2D eigenvalue weighted by Crippen LogP contribution is 2.10. The van der Waals surface area contributed by atoms with E-state index in [-0.39, 0.29) is 0 Å². The van der Waals surface area contributed by atoms with Gasteiger partial charge in [0.1, 0.15) is 6.29 Å². The van der Waals surface area contributed by atoms with Crippen LogP contribution in [0, 0.1) is 5.92 Å². The topological polar surface area (TPSA) is 37.3 Å². The fourth-order valence-electron chi connectivity index (χ4n) is 1.04. The summed E-state index contributed by atoms with van der Waals surface area (Å²) in [7, 11) is 0. The molecule has 0 aromatic rings. The molecule has 0 saturated carbocycles. The fraction of sp³-hybridized carbons (Fsp3) is 0.917. The smallest absolute Gasteiger partial charge is 0.119 e. The van der Waals surface area contributed by atoms with Crippen LogP contribution in [0.5, 0.6) is 0 Å². The van der Waals surface area contributed by atoms with Crippen LogP contribution < -0.4 is 0 Å². The molecule has 0 aliphatic carbocycles. The van der Waals surface area contributed by atoms with Gasteiger partial charge >= 0.3 is 0 Å². The number of aliphatic hydroxyl groups is 1. The minimum absolute atomic E-state index is 0.372. The highest BCUT2D eigenvalue weighted by molar-refractivity contribution is 5.48. The minimum atomic E-state index is 0.372. The van der Waals surface area contributed by atoms with Crippen LogP contribution in [0.15, 0.2) is 0 Å². The molecule has 86 valence electrons. The van der Waals surface area contributed by atoms with E-state index in [0.29, 0.717) is 18.9 Å². The molecule has 0 fully saturated rings. The zero-order chi connectivity index (χ0) is 11.2.